The van der Waals surface area contributed by atoms with E-state index in [1.807, 2.05) is 19.2 Å². The van der Waals surface area contributed by atoms with Crippen LogP contribution >= 0.6 is 27.5 Å². The van der Waals surface area contributed by atoms with Gasteiger partial charge in [-0.25, -0.2) is 9.97 Å². The number of nitrogens with zero attached hydrogens (tertiary/aromatic N) is 3. The van der Waals surface area contributed by atoms with Crippen molar-refractivity contribution in [2.45, 2.75) is 31.7 Å². The van der Waals surface area contributed by atoms with Crippen LogP contribution in [0.4, 0.5) is 0 Å². The molecular formula is C12H13BrClN3. The molecule has 0 bridgehead atoms. The minimum absolute atomic E-state index is 0.0817. The Morgan fingerprint density at radius 3 is 3.00 bits per heavy atom. The second kappa shape index (κ2) is 4.25. The highest BCUT2D eigenvalue weighted by molar-refractivity contribution is 9.10. The summed E-state index contributed by atoms with van der Waals surface area (Å²) in [5.74, 6) is 1.71. The van der Waals surface area contributed by atoms with E-state index >= 15 is 0 Å². The third kappa shape index (κ3) is 2.20. The van der Waals surface area contributed by atoms with Crippen LogP contribution in [0.1, 0.15) is 31.0 Å². The van der Waals surface area contributed by atoms with E-state index in [1.54, 1.807) is 0 Å². The van der Waals surface area contributed by atoms with Crippen molar-refractivity contribution in [3.63, 3.8) is 0 Å². The molecule has 17 heavy (non-hydrogen) atoms. The number of hydrogen-bond acceptors (Lipinski definition) is 2. The van der Waals surface area contributed by atoms with Gasteiger partial charge in [0.05, 0.1) is 5.38 Å². The smallest absolute Gasteiger partial charge is 0.160 e. The average Bonchev–Trinajstić information content (AvgIpc) is 3.00. The molecule has 3 rings (SSSR count). The number of alkyl halides is 1. The van der Waals surface area contributed by atoms with Crippen molar-refractivity contribution in [1.29, 1.82) is 0 Å². The lowest BCUT2D eigenvalue weighted by Crippen LogP contribution is -2.06. The zero-order valence-electron chi connectivity index (χ0n) is 9.53. The van der Waals surface area contributed by atoms with Gasteiger partial charge in [0.2, 0.25) is 0 Å². The molecule has 1 saturated carbocycles. The van der Waals surface area contributed by atoms with Crippen LogP contribution < -0.4 is 0 Å². The molecule has 3 nitrogen and oxygen atoms in total. The van der Waals surface area contributed by atoms with E-state index in [0.717, 1.165) is 33.9 Å². The predicted molar refractivity (Wildman–Crippen MR) is 72.2 cm³/mol. The SMILES string of the molecule is CC(Cl)c1nc2cc(Br)cnc2n1CC1CC1. The first kappa shape index (κ1) is 11.5. The summed E-state index contributed by atoms with van der Waals surface area (Å²) in [4.78, 5) is 9.05. The Balaban J connectivity index is 2.15. The van der Waals surface area contributed by atoms with Crippen LogP contribution in [-0.4, -0.2) is 14.5 Å². The maximum atomic E-state index is 6.20. The lowest BCUT2D eigenvalue weighted by molar-refractivity contribution is 0.606. The average molecular weight is 315 g/mol. The molecule has 2 aromatic rings. The minimum Gasteiger partial charge on any atom is -0.311 e. The van der Waals surface area contributed by atoms with Crippen molar-refractivity contribution in [3.05, 3.63) is 22.6 Å². The Morgan fingerprint density at radius 1 is 1.59 bits per heavy atom. The molecule has 90 valence electrons. The number of aromatic nitrogens is 3. The van der Waals surface area contributed by atoms with Crippen LogP contribution in [0.3, 0.4) is 0 Å². The number of fused-ring (bicyclic) bond motifs is 1. The number of pyridine rings is 1. The number of halogens is 2. The zero-order valence-corrected chi connectivity index (χ0v) is 11.9. The Kier molecular flexibility index (Phi) is 2.87. The molecule has 0 N–H and O–H groups in total. The van der Waals surface area contributed by atoms with Gasteiger partial charge in [-0.3, -0.25) is 0 Å². The monoisotopic (exact) mass is 313 g/mol. The summed E-state index contributed by atoms with van der Waals surface area (Å²) < 4.78 is 3.13. The third-order valence-electron chi connectivity index (χ3n) is 3.07. The number of imidazole rings is 1. The second-order valence-electron chi connectivity index (χ2n) is 4.64. The van der Waals surface area contributed by atoms with Crippen LogP contribution in [0, 0.1) is 5.92 Å². The van der Waals surface area contributed by atoms with Crippen LogP contribution in [0.2, 0.25) is 0 Å². The molecule has 1 atom stereocenters. The zero-order chi connectivity index (χ0) is 12.0. The molecule has 0 amide bonds. The largest absolute Gasteiger partial charge is 0.311 e. The first-order valence-electron chi connectivity index (χ1n) is 5.81. The minimum atomic E-state index is -0.0817. The topological polar surface area (TPSA) is 30.7 Å². The van der Waals surface area contributed by atoms with Crippen LogP contribution in [-0.2, 0) is 6.54 Å². The molecule has 1 unspecified atom stereocenters. The van der Waals surface area contributed by atoms with Crippen LogP contribution in [0.15, 0.2) is 16.7 Å². The van der Waals surface area contributed by atoms with Crippen LogP contribution in [0.25, 0.3) is 11.2 Å². The van der Waals surface area contributed by atoms with E-state index in [4.69, 9.17) is 11.6 Å². The fourth-order valence-corrected chi connectivity index (χ4v) is 2.53. The van der Waals surface area contributed by atoms with Gasteiger partial charge >= 0.3 is 0 Å². The highest BCUT2D eigenvalue weighted by Gasteiger charge is 2.25. The standard InChI is InChI=1S/C12H13BrClN3/c1-7(14)11-16-10-4-9(13)5-15-12(10)17(11)6-8-2-3-8/h4-5,7-8H,2-3,6H2,1H3. The quantitative estimate of drug-likeness (QED) is 0.804. The van der Waals surface area contributed by atoms with Gasteiger partial charge in [0.25, 0.3) is 0 Å². The van der Waals surface area contributed by atoms with Crippen LogP contribution in [0.5, 0.6) is 0 Å². The molecule has 0 spiro atoms. The van der Waals surface area contributed by atoms with Gasteiger partial charge in [0.1, 0.15) is 11.3 Å². The van der Waals surface area contributed by atoms with E-state index in [0.29, 0.717) is 0 Å². The van der Waals surface area contributed by atoms with Crippen molar-refractivity contribution in [1.82, 2.24) is 14.5 Å². The Hall–Kier alpha value is -0.610. The first-order valence-corrected chi connectivity index (χ1v) is 7.04. The summed E-state index contributed by atoms with van der Waals surface area (Å²) >= 11 is 9.62. The Bertz CT molecular complexity index is 560. The molecule has 1 aliphatic rings. The summed E-state index contributed by atoms with van der Waals surface area (Å²) in [7, 11) is 0. The van der Waals surface area contributed by atoms with Gasteiger partial charge in [-0.15, -0.1) is 11.6 Å². The normalized spacial score (nSPS) is 17.6. The van der Waals surface area contributed by atoms with E-state index < -0.39 is 0 Å². The lowest BCUT2D eigenvalue weighted by atomic mass is 10.3. The van der Waals surface area contributed by atoms with Gasteiger partial charge in [-0.1, -0.05) is 0 Å². The van der Waals surface area contributed by atoms with E-state index in [1.165, 1.54) is 12.8 Å². The highest BCUT2D eigenvalue weighted by atomic mass is 79.9. The third-order valence-corrected chi connectivity index (χ3v) is 3.70. The highest BCUT2D eigenvalue weighted by Crippen LogP contribution is 2.34. The van der Waals surface area contributed by atoms with E-state index in [-0.39, 0.29) is 5.38 Å². The molecule has 0 radical (unpaired) electrons. The lowest BCUT2D eigenvalue weighted by Gasteiger charge is -2.08. The summed E-state index contributed by atoms with van der Waals surface area (Å²) in [6.07, 6.45) is 4.44. The van der Waals surface area contributed by atoms with Crippen molar-refractivity contribution in [2.24, 2.45) is 5.92 Å². The molecule has 0 saturated heterocycles. The summed E-state index contributed by atoms with van der Waals surface area (Å²) in [6, 6.07) is 1.99. The molecule has 0 aliphatic heterocycles. The number of hydrogen-bond donors (Lipinski definition) is 0. The fourth-order valence-electron chi connectivity index (χ4n) is 2.05. The van der Waals surface area contributed by atoms with Gasteiger partial charge < -0.3 is 4.57 Å². The number of rotatable bonds is 3. The summed E-state index contributed by atoms with van der Waals surface area (Å²) in [5, 5.41) is -0.0817. The summed E-state index contributed by atoms with van der Waals surface area (Å²) in [6.45, 7) is 2.96. The molecule has 2 aromatic heterocycles. The van der Waals surface area contributed by atoms with Gasteiger partial charge in [-0.2, -0.15) is 0 Å². The van der Waals surface area contributed by atoms with Crippen molar-refractivity contribution in [3.8, 4) is 0 Å². The van der Waals surface area contributed by atoms with Crippen molar-refractivity contribution < 1.29 is 0 Å². The fraction of sp³-hybridized carbons (Fsp3) is 0.500. The summed E-state index contributed by atoms with van der Waals surface area (Å²) in [5.41, 5.74) is 1.87. The van der Waals surface area contributed by atoms with Crippen molar-refractivity contribution >= 4 is 38.7 Å². The molecule has 1 aliphatic carbocycles. The maximum absolute atomic E-state index is 6.20. The van der Waals surface area contributed by atoms with Crippen molar-refractivity contribution in [2.75, 3.05) is 0 Å². The Labute approximate surface area is 113 Å². The van der Waals surface area contributed by atoms with Gasteiger partial charge in [0, 0.05) is 17.2 Å². The van der Waals surface area contributed by atoms with Gasteiger partial charge in [-0.05, 0) is 47.7 Å². The molecule has 1 fully saturated rings. The van der Waals surface area contributed by atoms with E-state index in [9.17, 15) is 0 Å². The maximum Gasteiger partial charge on any atom is 0.160 e. The van der Waals surface area contributed by atoms with Gasteiger partial charge in [0.15, 0.2) is 5.65 Å². The molecular weight excluding hydrogens is 302 g/mol. The first-order chi connectivity index (χ1) is 8.15. The molecule has 0 aromatic carbocycles. The second-order valence-corrected chi connectivity index (χ2v) is 6.21. The predicted octanol–water partition coefficient (Wildman–Crippen LogP) is 3.90. The Morgan fingerprint density at radius 2 is 2.35 bits per heavy atom. The molecule has 2 heterocycles. The van der Waals surface area contributed by atoms with E-state index in [2.05, 4.69) is 30.5 Å². The molecule has 5 heteroatoms.